The number of hydrogen-bond donors (Lipinski definition) is 1. The van der Waals surface area contributed by atoms with Crippen LogP contribution in [0.5, 0.6) is 0 Å². The van der Waals surface area contributed by atoms with Crippen molar-refractivity contribution >= 4 is 34.3 Å². The Labute approximate surface area is 144 Å². The lowest BCUT2D eigenvalue weighted by molar-refractivity contribution is 0.0978. The van der Waals surface area contributed by atoms with E-state index in [1.165, 1.54) is 0 Å². The summed E-state index contributed by atoms with van der Waals surface area (Å²) in [5.74, 6) is 0.688. The van der Waals surface area contributed by atoms with Gasteiger partial charge < -0.3 is 14.6 Å². The number of hydrogen-bond acceptors (Lipinski definition) is 5. The van der Waals surface area contributed by atoms with Gasteiger partial charge >= 0.3 is 0 Å². The van der Waals surface area contributed by atoms with E-state index in [9.17, 15) is 0 Å². The fourth-order valence-corrected chi connectivity index (χ4v) is 3.09. The molecule has 124 valence electrons. The Morgan fingerprint density at radius 2 is 2.25 bits per heavy atom. The quantitative estimate of drug-likeness (QED) is 0.782. The molecular formula is C17H18ClN5O. The molecule has 3 heterocycles. The molecule has 0 bridgehead atoms. The average Bonchev–Trinajstić information content (AvgIpc) is 3.22. The van der Waals surface area contributed by atoms with Gasteiger partial charge in [0.2, 0.25) is 0 Å². The maximum absolute atomic E-state index is 6.08. The summed E-state index contributed by atoms with van der Waals surface area (Å²) < 4.78 is 7.74. The molecular weight excluding hydrogens is 326 g/mol. The van der Waals surface area contributed by atoms with E-state index in [1.54, 1.807) is 12.7 Å². The molecule has 1 unspecified atom stereocenters. The van der Waals surface area contributed by atoms with Crippen LogP contribution in [0.4, 0.5) is 11.5 Å². The summed E-state index contributed by atoms with van der Waals surface area (Å²) in [4.78, 5) is 13.2. The van der Waals surface area contributed by atoms with Gasteiger partial charge in [-0.1, -0.05) is 11.6 Å². The third kappa shape index (κ3) is 2.95. The van der Waals surface area contributed by atoms with E-state index in [-0.39, 0.29) is 6.10 Å². The highest BCUT2D eigenvalue weighted by molar-refractivity contribution is 6.31. The SMILES string of the molecule is Cc1cc(Nc2ncnc3c2ncn3CC2CCCO2)ccc1Cl. The normalized spacial score (nSPS) is 17.5. The van der Waals surface area contributed by atoms with E-state index in [2.05, 4.69) is 20.3 Å². The predicted octanol–water partition coefficient (Wildman–Crippen LogP) is 3.71. The highest BCUT2D eigenvalue weighted by Crippen LogP contribution is 2.25. The van der Waals surface area contributed by atoms with Crippen LogP contribution < -0.4 is 5.32 Å². The number of aromatic nitrogens is 4. The first-order valence-corrected chi connectivity index (χ1v) is 8.39. The van der Waals surface area contributed by atoms with Gasteiger partial charge in [0.25, 0.3) is 0 Å². The van der Waals surface area contributed by atoms with E-state index in [0.717, 1.165) is 53.4 Å². The van der Waals surface area contributed by atoms with Crippen LogP contribution in [0.25, 0.3) is 11.2 Å². The monoisotopic (exact) mass is 343 g/mol. The molecule has 1 atom stereocenters. The van der Waals surface area contributed by atoms with E-state index < -0.39 is 0 Å². The number of anilines is 2. The number of rotatable bonds is 4. The number of ether oxygens (including phenoxy) is 1. The second-order valence-corrected chi connectivity index (χ2v) is 6.42. The average molecular weight is 344 g/mol. The van der Waals surface area contributed by atoms with Crippen molar-refractivity contribution in [1.29, 1.82) is 0 Å². The molecule has 0 amide bonds. The topological polar surface area (TPSA) is 64.9 Å². The Morgan fingerprint density at radius 1 is 1.33 bits per heavy atom. The first-order valence-electron chi connectivity index (χ1n) is 8.01. The van der Waals surface area contributed by atoms with Crippen molar-refractivity contribution in [3.63, 3.8) is 0 Å². The Balaban J connectivity index is 1.63. The van der Waals surface area contributed by atoms with Crippen LogP contribution in [0, 0.1) is 6.92 Å². The van der Waals surface area contributed by atoms with Crippen LogP contribution in [-0.2, 0) is 11.3 Å². The van der Waals surface area contributed by atoms with Crippen LogP contribution in [0.15, 0.2) is 30.9 Å². The van der Waals surface area contributed by atoms with Crippen molar-refractivity contribution < 1.29 is 4.74 Å². The summed E-state index contributed by atoms with van der Waals surface area (Å²) in [6.07, 6.45) is 5.81. The smallest absolute Gasteiger partial charge is 0.165 e. The van der Waals surface area contributed by atoms with E-state index >= 15 is 0 Å². The second-order valence-electron chi connectivity index (χ2n) is 6.02. The van der Waals surface area contributed by atoms with E-state index in [4.69, 9.17) is 16.3 Å². The minimum atomic E-state index is 0.243. The predicted molar refractivity (Wildman–Crippen MR) is 93.8 cm³/mol. The molecule has 3 aromatic rings. The first-order chi connectivity index (χ1) is 11.7. The molecule has 1 N–H and O–H groups in total. The molecule has 1 aliphatic rings. The van der Waals surface area contributed by atoms with Gasteiger partial charge in [0, 0.05) is 17.3 Å². The van der Waals surface area contributed by atoms with Crippen molar-refractivity contribution in [2.24, 2.45) is 0 Å². The van der Waals surface area contributed by atoms with Crippen LogP contribution in [0.1, 0.15) is 18.4 Å². The zero-order valence-electron chi connectivity index (χ0n) is 13.4. The highest BCUT2D eigenvalue weighted by atomic mass is 35.5. The number of fused-ring (bicyclic) bond motifs is 1. The molecule has 1 aromatic carbocycles. The van der Waals surface area contributed by atoms with Gasteiger partial charge in [0.15, 0.2) is 17.0 Å². The summed E-state index contributed by atoms with van der Waals surface area (Å²) >= 11 is 6.08. The zero-order valence-corrected chi connectivity index (χ0v) is 14.1. The molecule has 1 saturated heterocycles. The lowest BCUT2D eigenvalue weighted by Gasteiger charge is -2.11. The minimum absolute atomic E-state index is 0.243. The van der Waals surface area contributed by atoms with Crippen molar-refractivity contribution in [3.8, 4) is 0 Å². The summed E-state index contributed by atoms with van der Waals surface area (Å²) in [5, 5.41) is 4.05. The molecule has 0 spiro atoms. The summed E-state index contributed by atoms with van der Waals surface area (Å²) in [5.41, 5.74) is 3.50. The maximum Gasteiger partial charge on any atom is 0.165 e. The van der Waals surface area contributed by atoms with Gasteiger partial charge in [-0.2, -0.15) is 0 Å². The molecule has 0 saturated carbocycles. The molecule has 24 heavy (non-hydrogen) atoms. The number of halogens is 1. The van der Waals surface area contributed by atoms with E-state index in [1.807, 2.05) is 29.7 Å². The third-order valence-corrected chi connectivity index (χ3v) is 4.67. The standard InChI is InChI=1S/C17H18ClN5O/c1-11-7-12(4-5-14(11)18)22-16-15-17(20-9-19-16)23(10-21-15)8-13-3-2-6-24-13/h4-5,7,9-10,13H,2-3,6,8H2,1H3,(H,19,20,22). The summed E-state index contributed by atoms with van der Waals surface area (Å²) in [7, 11) is 0. The zero-order chi connectivity index (χ0) is 16.5. The van der Waals surface area contributed by atoms with Crippen molar-refractivity contribution in [3.05, 3.63) is 41.4 Å². The largest absolute Gasteiger partial charge is 0.376 e. The summed E-state index contributed by atoms with van der Waals surface area (Å²) in [6.45, 7) is 3.58. The lowest BCUT2D eigenvalue weighted by atomic mass is 10.2. The van der Waals surface area contributed by atoms with Crippen LogP contribution in [0.2, 0.25) is 5.02 Å². The van der Waals surface area contributed by atoms with Gasteiger partial charge in [0.1, 0.15) is 6.33 Å². The fourth-order valence-electron chi connectivity index (χ4n) is 2.97. The molecule has 1 aliphatic heterocycles. The van der Waals surface area contributed by atoms with Gasteiger partial charge in [-0.25, -0.2) is 15.0 Å². The van der Waals surface area contributed by atoms with Gasteiger partial charge in [0.05, 0.1) is 19.0 Å². The lowest BCUT2D eigenvalue weighted by Crippen LogP contribution is -2.14. The number of nitrogens with zero attached hydrogens (tertiary/aromatic N) is 4. The minimum Gasteiger partial charge on any atom is -0.376 e. The Morgan fingerprint density at radius 3 is 3.04 bits per heavy atom. The fraction of sp³-hybridized carbons (Fsp3) is 0.353. The van der Waals surface area contributed by atoms with Crippen LogP contribution >= 0.6 is 11.6 Å². The van der Waals surface area contributed by atoms with Gasteiger partial charge in [-0.3, -0.25) is 0 Å². The third-order valence-electron chi connectivity index (χ3n) is 4.25. The first kappa shape index (κ1) is 15.4. The molecule has 6 nitrogen and oxygen atoms in total. The van der Waals surface area contributed by atoms with Crippen LogP contribution in [0.3, 0.4) is 0 Å². The number of imidazole rings is 1. The van der Waals surface area contributed by atoms with E-state index in [0.29, 0.717) is 5.82 Å². The number of benzene rings is 1. The second kappa shape index (κ2) is 6.37. The molecule has 2 aromatic heterocycles. The highest BCUT2D eigenvalue weighted by Gasteiger charge is 2.18. The molecule has 1 fully saturated rings. The van der Waals surface area contributed by atoms with Gasteiger partial charge in [-0.15, -0.1) is 0 Å². The van der Waals surface area contributed by atoms with Crippen molar-refractivity contribution in [2.45, 2.75) is 32.4 Å². The summed E-state index contributed by atoms with van der Waals surface area (Å²) in [6, 6.07) is 5.78. The van der Waals surface area contributed by atoms with Crippen molar-refractivity contribution in [2.75, 3.05) is 11.9 Å². The Hall–Kier alpha value is -2.18. The molecule has 0 aliphatic carbocycles. The Kier molecular flexibility index (Phi) is 4.08. The van der Waals surface area contributed by atoms with Crippen LogP contribution in [-0.4, -0.2) is 32.2 Å². The number of aryl methyl sites for hydroxylation is 1. The molecule has 4 rings (SSSR count). The molecule has 0 radical (unpaired) electrons. The van der Waals surface area contributed by atoms with Gasteiger partial charge in [-0.05, 0) is 43.5 Å². The number of nitrogens with one attached hydrogen (secondary N) is 1. The van der Waals surface area contributed by atoms with Crippen molar-refractivity contribution in [1.82, 2.24) is 19.5 Å². The Bertz CT molecular complexity index is 873. The molecule has 7 heteroatoms. The maximum atomic E-state index is 6.08.